The highest BCUT2D eigenvalue weighted by atomic mass is 79.9. The Kier molecular flexibility index (Phi) is 4.15. The van der Waals surface area contributed by atoms with E-state index in [0.717, 1.165) is 12.0 Å². The van der Waals surface area contributed by atoms with Crippen LogP contribution in [0.1, 0.15) is 12.5 Å². The molecule has 0 fully saturated rings. The van der Waals surface area contributed by atoms with Gasteiger partial charge in [0.15, 0.2) is 0 Å². The molecule has 1 atom stereocenters. The second-order valence-corrected chi connectivity index (χ2v) is 5.33. The van der Waals surface area contributed by atoms with Crippen molar-refractivity contribution in [3.8, 4) is 11.1 Å². The molecule has 3 heteroatoms. The fourth-order valence-electron chi connectivity index (χ4n) is 1.92. The second kappa shape index (κ2) is 5.63. The van der Waals surface area contributed by atoms with Crippen LogP contribution in [0.25, 0.3) is 11.1 Å². The summed E-state index contributed by atoms with van der Waals surface area (Å²) in [6, 6.07) is 13.3. The fourth-order valence-corrected chi connectivity index (χ4v) is 2.29. The Morgan fingerprint density at radius 2 is 1.83 bits per heavy atom. The van der Waals surface area contributed by atoms with E-state index < -0.39 is 0 Å². The van der Waals surface area contributed by atoms with Crippen LogP contribution in [0, 0.1) is 5.82 Å². The predicted molar refractivity (Wildman–Crippen MR) is 76.9 cm³/mol. The molecule has 0 aliphatic heterocycles. The minimum Gasteiger partial charge on any atom is -0.328 e. The lowest BCUT2D eigenvalue weighted by molar-refractivity contribution is 0.624. The fraction of sp³-hybridized carbons (Fsp3) is 0.200. The first kappa shape index (κ1) is 13.2. The SMILES string of the molecule is CC(N)Cc1ccc(-c2cccc(Br)c2F)cc1. The molecule has 0 spiro atoms. The van der Waals surface area contributed by atoms with E-state index in [-0.39, 0.29) is 11.9 Å². The van der Waals surface area contributed by atoms with Crippen molar-refractivity contribution in [3.05, 3.63) is 58.3 Å². The lowest BCUT2D eigenvalue weighted by Crippen LogP contribution is -2.17. The molecule has 94 valence electrons. The minimum atomic E-state index is -0.225. The monoisotopic (exact) mass is 307 g/mol. The normalized spacial score (nSPS) is 12.4. The molecule has 0 heterocycles. The molecule has 0 radical (unpaired) electrons. The Morgan fingerprint density at radius 1 is 1.17 bits per heavy atom. The van der Waals surface area contributed by atoms with Crippen LogP contribution in [0.5, 0.6) is 0 Å². The number of rotatable bonds is 3. The molecule has 0 saturated carbocycles. The van der Waals surface area contributed by atoms with Gasteiger partial charge in [0, 0.05) is 11.6 Å². The summed E-state index contributed by atoms with van der Waals surface area (Å²) >= 11 is 3.20. The molecule has 2 aromatic carbocycles. The third-order valence-corrected chi connectivity index (χ3v) is 3.39. The van der Waals surface area contributed by atoms with Crippen LogP contribution in [0.3, 0.4) is 0 Å². The zero-order valence-electron chi connectivity index (χ0n) is 10.2. The lowest BCUT2D eigenvalue weighted by atomic mass is 10.0. The molecule has 0 aliphatic carbocycles. The number of halogens is 2. The molecule has 2 aromatic rings. The Morgan fingerprint density at radius 3 is 2.44 bits per heavy atom. The van der Waals surface area contributed by atoms with E-state index in [1.165, 1.54) is 5.56 Å². The average molecular weight is 308 g/mol. The van der Waals surface area contributed by atoms with Gasteiger partial charge in [-0.3, -0.25) is 0 Å². The van der Waals surface area contributed by atoms with E-state index in [4.69, 9.17) is 5.73 Å². The summed E-state index contributed by atoms with van der Waals surface area (Å²) in [5, 5.41) is 0. The maximum absolute atomic E-state index is 13.9. The van der Waals surface area contributed by atoms with Gasteiger partial charge in [-0.15, -0.1) is 0 Å². The van der Waals surface area contributed by atoms with Crippen LogP contribution >= 0.6 is 15.9 Å². The molecule has 1 nitrogen and oxygen atoms in total. The van der Waals surface area contributed by atoms with Gasteiger partial charge < -0.3 is 5.73 Å². The van der Waals surface area contributed by atoms with E-state index in [2.05, 4.69) is 15.9 Å². The van der Waals surface area contributed by atoms with E-state index in [1.807, 2.05) is 37.3 Å². The molecular formula is C15H15BrFN. The Balaban J connectivity index is 2.32. The number of nitrogens with two attached hydrogens (primary N) is 1. The lowest BCUT2D eigenvalue weighted by Gasteiger charge is -2.08. The van der Waals surface area contributed by atoms with Gasteiger partial charge in [0.25, 0.3) is 0 Å². The van der Waals surface area contributed by atoms with E-state index in [1.54, 1.807) is 12.1 Å². The van der Waals surface area contributed by atoms with Crippen LogP contribution < -0.4 is 5.73 Å². The molecule has 2 rings (SSSR count). The van der Waals surface area contributed by atoms with Crippen LogP contribution in [0.2, 0.25) is 0 Å². The third-order valence-electron chi connectivity index (χ3n) is 2.77. The van der Waals surface area contributed by atoms with E-state index in [0.29, 0.717) is 10.0 Å². The predicted octanol–water partition coefficient (Wildman–Crippen LogP) is 4.14. The maximum atomic E-state index is 13.9. The van der Waals surface area contributed by atoms with Crippen molar-refractivity contribution in [3.63, 3.8) is 0 Å². The zero-order valence-corrected chi connectivity index (χ0v) is 11.7. The zero-order chi connectivity index (χ0) is 13.1. The molecule has 18 heavy (non-hydrogen) atoms. The Bertz CT molecular complexity index is 535. The molecule has 1 unspecified atom stereocenters. The number of hydrogen-bond acceptors (Lipinski definition) is 1. The highest BCUT2D eigenvalue weighted by Gasteiger charge is 2.08. The molecule has 0 saturated heterocycles. The topological polar surface area (TPSA) is 26.0 Å². The first-order valence-corrected chi connectivity index (χ1v) is 6.66. The van der Waals surface area contributed by atoms with Crippen LogP contribution in [-0.4, -0.2) is 6.04 Å². The summed E-state index contributed by atoms with van der Waals surface area (Å²) in [6.45, 7) is 1.97. The minimum absolute atomic E-state index is 0.137. The largest absolute Gasteiger partial charge is 0.328 e. The smallest absolute Gasteiger partial charge is 0.145 e. The number of benzene rings is 2. The summed E-state index contributed by atoms with van der Waals surface area (Å²) in [4.78, 5) is 0. The molecule has 0 aliphatic rings. The van der Waals surface area contributed by atoms with Gasteiger partial charge in [-0.2, -0.15) is 0 Å². The summed E-state index contributed by atoms with van der Waals surface area (Å²) in [6.07, 6.45) is 0.835. The summed E-state index contributed by atoms with van der Waals surface area (Å²) in [7, 11) is 0. The molecule has 0 bridgehead atoms. The van der Waals surface area contributed by atoms with Crippen molar-refractivity contribution in [2.24, 2.45) is 5.73 Å². The first-order valence-electron chi connectivity index (χ1n) is 5.87. The van der Waals surface area contributed by atoms with Gasteiger partial charge in [-0.05, 0) is 46.5 Å². The van der Waals surface area contributed by atoms with Gasteiger partial charge in [-0.1, -0.05) is 36.4 Å². The van der Waals surface area contributed by atoms with Gasteiger partial charge in [0.05, 0.1) is 4.47 Å². The van der Waals surface area contributed by atoms with Crippen LogP contribution in [0.15, 0.2) is 46.9 Å². The molecule has 0 amide bonds. The summed E-state index contributed by atoms with van der Waals surface area (Å²) < 4.78 is 14.4. The van der Waals surface area contributed by atoms with Crippen molar-refractivity contribution in [2.45, 2.75) is 19.4 Å². The van der Waals surface area contributed by atoms with E-state index in [9.17, 15) is 4.39 Å². The standard InChI is InChI=1S/C15H15BrFN/c1-10(18)9-11-5-7-12(8-6-11)13-3-2-4-14(16)15(13)17/h2-8,10H,9,18H2,1H3. The summed E-state index contributed by atoms with van der Waals surface area (Å²) in [5.41, 5.74) is 8.41. The van der Waals surface area contributed by atoms with Crippen molar-refractivity contribution in [1.82, 2.24) is 0 Å². The summed E-state index contributed by atoms with van der Waals surface area (Å²) in [5.74, 6) is -0.225. The molecule has 0 aromatic heterocycles. The number of hydrogen-bond donors (Lipinski definition) is 1. The maximum Gasteiger partial charge on any atom is 0.145 e. The Labute approximate surface area is 115 Å². The van der Waals surface area contributed by atoms with E-state index >= 15 is 0 Å². The second-order valence-electron chi connectivity index (χ2n) is 4.48. The van der Waals surface area contributed by atoms with Gasteiger partial charge >= 0.3 is 0 Å². The average Bonchev–Trinajstić information content (AvgIpc) is 2.33. The van der Waals surface area contributed by atoms with Crippen molar-refractivity contribution in [2.75, 3.05) is 0 Å². The van der Waals surface area contributed by atoms with Crippen molar-refractivity contribution in [1.29, 1.82) is 0 Å². The third kappa shape index (κ3) is 2.98. The first-order chi connectivity index (χ1) is 8.58. The van der Waals surface area contributed by atoms with Gasteiger partial charge in [-0.25, -0.2) is 4.39 Å². The molecule has 2 N–H and O–H groups in total. The van der Waals surface area contributed by atoms with Gasteiger partial charge in [0.1, 0.15) is 5.82 Å². The van der Waals surface area contributed by atoms with Crippen LogP contribution in [-0.2, 0) is 6.42 Å². The Hall–Kier alpha value is -1.19. The van der Waals surface area contributed by atoms with Crippen molar-refractivity contribution < 1.29 is 4.39 Å². The van der Waals surface area contributed by atoms with Crippen molar-refractivity contribution >= 4 is 15.9 Å². The van der Waals surface area contributed by atoms with Crippen LogP contribution in [0.4, 0.5) is 4.39 Å². The quantitative estimate of drug-likeness (QED) is 0.906. The highest BCUT2D eigenvalue weighted by molar-refractivity contribution is 9.10. The van der Waals surface area contributed by atoms with Gasteiger partial charge in [0.2, 0.25) is 0 Å². The molecular weight excluding hydrogens is 293 g/mol. The highest BCUT2D eigenvalue weighted by Crippen LogP contribution is 2.27.